The van der Waals surface area contributed by atoms with E-state index in [9.17, 15) is 24.0 Å². The smallest absolute Gasteiger partial charge is 0.353 e. The maximum atomic E-state index is 13.2. The van der Waals surface area contributed by atoms with Gasteiger partial charge in [0.2, 0.25) is 17.7 Å². The van der Waals surface area contributed by atoms with Crippen molar-refractivity contribution in [1.82, 2.24) is 41.8 Å². The van der Waals surface area contributed by atoms with Gasteiger partial charge < -0.3 is 16.0 Å². The number of carbonyl (C=O) groups is 5. The predicted octanol–water partition coefficient (Wildman–Crippen LogP) is -0.113. The van der Waals surface area contributed by atoms with E-state index in [2.05, 4.69) is 31.9 Å². The molecule has 1 aliphatic carbocycles. The molecule has 0 aromatic heterocycles. The third-order valence-electron chi connectivity index (χ3n) is 7.44. The van der Waals surface area contributed by atoms with Crippen molar-refractivity contribution in [3.8, 4) is 0 Å². The van der Waals surface area contributed by atoms with Gasteiger partial charge in [0.05, 0.1) is 6.04 Å². The van der Waals surface area contributed by atoms with E-state index >= 15 is 0 Å². The molecule has 38 heavy (non-hydrogen) atoms. The summed E-state index contributed by atoms with van der Waals surface area (Å²) in [5, 5.41) is 16.3. The third kappa shape index (κ3) is 7.33. The van der Waals surface area contributed by atoms with Crippen LogP contribution in [0.1, 0.15) is 58.3 Å². The molecule has 0 radical (unpaired) electrons. The number of hydrogen-bond donors (Lipinski definition) is 5. The second-order valence-corrected chi connectivity index (χ2v) is 9.88. The van der Waals surface area contributed by atoms with E-state index in [1.165, 1.54) is 21.2 Å². The molecule has 212 valence electrons. The Morgan fingerprint density at radius 2 is 1.79 bits per heavy atom. The molecular formula is C24H41N9O5. The first-order chi connectivity index (χ1) is 18.3. The van der Waals surface area contributed by atoms with Gasteiger partial charge in [0.25, 0.3) is 0 Å². The van der Waals surface area contributed by atoms with Crippen LogP contribution in [0.25, 0.3) is 0 Å². The van der Waals surface area contributed by atoms with E-state index in [0.29, 0.717) is 38.3 Å². The molecule has 0 aromatic rings. The Labute approximate surface area is 223 Å². The number of hydrazine groups is 2. The minimum atomic E-state index is -0.827. The number of rotatable bonds is 9. The Kier molecular flexibility index (Phi) is 10.7. The zero-order chi connectivity index (χ0) is 27.7. The van der Waals surface area contributed by atoms with E-state index in [0.717, 1.165) is 25.7 Å². The van der Waals surface area contributed by atoms with Crippen LogP contribution in [0.5, 0.6) is 0 Å². The maximum Gasteiger partial charge on any atom is 0.353 e. The summed E-state index contributed by atoms with van der Waals surface area (Å²) in [5.41, 5.74) is 5.21. The van der Waals surface area contributed by atoms with Crippen molar-refractivity contribution < 1.29 is 24.0 Å². The van der Waals surface area contributed by atoms with Crippen LogP contribution in [0.4, 0.5) is 9.59 Å². The number of nitrogens with one attached hydrogen (secondary N) is 5. The molecule has 2 atom stereocenters. The van der Waals surface area contributed by atoms with E-state index in [-0.39, 0.29) is 36.6 Å². The molecular weight excluding hydrogens is 494 g/mol. The van der Waals surface area contributed by atoms with Crippen molar-refractivity contribution in [2.45, 2.75) is 70.4 Å². The van der Waals surface area contributed by atoms with Gasteiger partial charge in [0, 0.05) is 52.3 Å². The summed E-state index contributed by atoms with van der Waals surface area (Å²) in [6, 6.07) is -2.19. The lowest BCUT2D eigenvalue weighted by molar-refractivity contribution is -0.155. The fourth-order valence-corrected chi connectivity index (χ4v) is 5.14. The molecule has 3 fully saturated rings. The predicted molar refractivity (Wildman–Crippen MR) is 139 cm³/mol. The second kappa shape index (κ2) is 13.9. The summed E-state index contributed by atoms with van der Waals surface area (Å²) in [6.45, 7) is 2.98. The number of urea groups is 2. The van der Waals surface area contributed by atoms with E-state index in [4.69, 9.17) is 0 Å². The summed E-state index contributed by atoms with van der Waals surface area (Å²) in [5.74, 6) is -0.141. The zero-order valence-electron chi connectivity index (χ0n) is 22.5. The van der Waals surface area contributed by atoms with Crippen molar-refractivity contribution in [3.05, 3.63) is 0 Å². The number of fused-ring (bicyclic) bond motifs is 1. The van der Waals surface area contributed by atoms with E-state index in [1.54, 1.807) is 14.1 Å². The molecule has 2 saturated heterocycles. The first kappa shape index (κ1) is 29.1. The molecule has 0 spiro atoms. The largest absolute Gasteiger partial charge is 0.359 e. The van der Waals surface area contributed by atoms with Crippen LogP contribution in [-0.4, -0.2) is 96.8 Å². The number of nitrogens with zero attached hydrogens (tertiary/aromatic N) is 4. The van der Waals surface area contributed by atoms with Crippen molar-refractivity contribution in [3.63, 3.8) is 0 Å². The molecule has 3 aliphatic rings. The summed E-state index contributed by atoms with van der Waals surface area (Å²) < 4.78 is 0. The van der Waals surface area contributed by atoms with Crippen LogP contribution in [0.2, 0.25) is 0 Å². The number of amides is 7. The molecule has 0 unspecified atom stereocenters. The first-order valence-electron chi connectivity index (χ1n) is 13.5. The van der Waals surface area contributed by atoms with Gasteiger partial charge in [-0.05, 0) is 50.9 Å². The molecule has 7 amide bonds. The molecule has 2 aliphatic heterocycles. The van der Waals surface area contributed by atoms with Crippen molar-refractivity contribution in [2.24, 2.45) is 16.9 Å². The highest BCUT2D eigenvalue weighted by Gasteiger charge is 2.43. The van der Waals surface area contributed by atoms with Crippen LogP contribution in [-0.2, 0) is 14.4 Å². The van der Waals surface area contributed by atoms with Crippen molar-refractivity contribution >= 4 is 36.0 Å². The van der Waals surface area contributed by atoms with E-state index < -0.39 is 24.1 Å². The van der Waals surface area contributed by atoms with Gasteiger partial charge in [-0.15, -0.1) is 0 Å². The number of hydrazone groups is 1. The Balaban J connectivity index is 1.47. The van der Waals surface area contributed by atoms with Crippen molar-refractivity contribution in [2.75, 3.05) is 33.7 Å². The van der Waals surface area contributed by atoms with E-state index in [1.807, 2.05) is 6.92 Å². The summed E-state index contributed by atoms with van der Waals surface area (Å²) >= 11 is 0. The first-order valence-corrected chi connectivity index (χ1v) is 13.5. The average Bonchev–Trinajstić information content (AvgIpc) is 3.06. The van der Waals surface area contributed by atoms with Crippen LogP contribution < -0.4 is 26.8 Å². The van der Waals surface area contributed by atoms with Gasteiger partial charge >= 0.3 is 12.1 Å². The maximum absolute atomic E-state index is 13.2. The fourth-order valence-electron chi connectivity index (χ4n) is 5.14. The second-order valence-electron chi connectivity index (χ2n) is 9.88. The summed E-state index contributed by atoms with van der Waals surface area (Å²) in [4.78, 5) is 62.7. The molecule has 14 nitrogen and oxygen atoms in total. The highest BCUT2D eigenvalue weighted by Crippen LogP contribution is 2.28. The zero-order valence-corrected chi connectivity index (χ0v) is 22.5. The van der Waals surface area contributed by atoms with Gasteiger partial charge in [0.15, 0.2) is 0 Å². The van der Waals surface area contributed by atoms with Crippen LogP contribution in [0.15, 0.2) is 5.10 Å². The van der Waals surface area contributed by atoms with Gasteiger partial charge in [-0.2, -0.15) is 5.10 Å². The van der Waals surface area contributed by atoms with Gasteiger partial charge in [-0.1, -0.05) is 6.92 Å². The summed E-state index contributed by atoms with van der Waals surface area (Å²) in [6.07, 6.45) is 6.54. The lowest BCUT2D eigenvalue weighted by Crippen LogP contribution is -2.64. The third-order valence-corrected chi connectivity index (χ3v) is 7.44. The highest BCUT2D eigenvalue weighted by molar-refractivity contribution is 5.91. The normalized spacial score (nSPS) is 24.9. The Hall–Kier alpha value is -3.42. The van der Waals surface area contributed by atoms with Gasteiger partial charge in [-0.25, -0.2) is 30.5 Å². The standard InChI is InChI=1S/C24H41N9O5/c1-4-18(15-28-30-23(37)27-14-16-7-9-17(10-8-16)21(35)25-2)29-22(36)19-6-5-12-32-20(34)11-13-31(26-3)24(38)33(19)32/h15-19,26H,4-14H2,1-3H3,(H,25,35)(H,29,36)(H2,27,30,37)/b28-15+/t16?,17?,18-,19-/m0/s1. The topological polar surface area (TPSA) is 168 Å². The summed E-state index contributed by atoms with van der Waals surface area (Å²) in [7, 11) is 3.25. The molecule has 0 aromatic carbocycles. The van der Waals surface area contributed by atoms with Crippen molar-refractivity contribution in [1.29, 1.82) is 0 Å². The van der Waals surface area contributed by atoms with Gasteiger partial charge in [0.1, 0.15) is 6.04 Å². The Bertz CT molecular complexity index is 906. The number of carbonyl (C=O) groups excluding carboxylic acids is 5. The molecule has 3 rings (SSSR count). The molecule has 5 N–H and O–H groups in total. The quantitative estimate of drug-likeness (QED) is 0.204. The molecule has 2 heterocycles. The van der Waals surface area contributed by atoms with Crippen LogP contribution >= 0.6 is 0 Å². The lowest BCUT2D eigenvalue weighted by atomic mass is 9.81. The Morgan fingerprint density at radius 3 is 2.45 bits per heavy atom. The highest BCUT2D eigenvalue weighted by atomic mass is 16.2. The average molecular weight is 536 g/mol. The van der Waals surface area contributed by atoms with Crippen LogP contribution in [0.3, 0.4) is 0 Å². The Morgan fingerprint density at radius 1 is 1.05 bits per heavy atom. The minimum Gasteiger partial charge on any atom is -0.359 e. The number of hydrogen-bond acceptors (Lipinski definition) is 7. The lowest BCUT2D eigenvalue weighted by Gasteiger charge is -2.42. The van der Waals surface area contributed by atoms with Crippen LogP contribution in [0, 0.1) is 11.8 Å². The SMILES string of the molecule is CC[C@@H](/C=N/NC(=O)NCC1CCC(C(=O)NC)CC1)NC(=O)[C@@H]1CCCN2C(=O)CCN(NC)C(=O)N12. The fraction of sp³-hybridized carbons (Fsp3) is 0.750. The monoisotopic (exact) mass is 535 g/mol. The molecule has 1 saturated carbocycles. The molecule has 14 heteroatoms. The molecule has 0 bridgehead atoms. The van der Waals surface area contributed by atoms with Gasteiger partial charge in [-0.3, -0.25) is 19.4 Å². The minimum absolute atomic E-state index is 0.0489.